The maximum atomic E-state index is 12.1. The van der Waals surface area contributed by atoms with Gasteiger partial charge in [-0.05, 0) is 24.1 Å². The van der Waals surface area contributed by atoms with E-state index in [1.54, 1.807) is 32.0 Å². The summed E-state index contributed by atoms with van der Waals surface area (Å²) in [4.78, 5) is 11.6. The van der Waals surface area contributed by atoms with Gasteiger partial charge in [-0.2, -0.15) is 0 Å². The van der Waals surface area contributed by atoms with Crippen LogP contribution in [0.3, 0.4) is 0 Å². The second-order valence-electron chi connectivity index (χ2n) is 3.76. The topological polar surface area (TPSA) is 54.4 Å². The predicted octanol–water partition coefficient (Wildman–Crippen LogP) is 2.67. The summed E-state index contributed by atoms with van der Waals surface area (Å²) in [5.41, 5.74) is 0. The number of hydrogen-bond acceptors (Lipinski definition) is 2. The minimum atomic E-state index is -1.52. The summed E-state index contributed by atoms with van der Waals surface area (Å²) in [6, 6.07) is 6.93. The van der Waals surface area contributed by atoms with Crippen molar-refractivity contribution in [1.29, 1.82) is 0 Å². The van der Waals surface area contributed by atoms with Crippen LogP contribution in [0.15, 0.2) is 33.6 Å². The third kappa shape index (κ3) is 3.15. The van der Waals surface area contributed by atoms with Crippen LogP contribution in [-0.2, 0) is 15.6 Å². The van der Waals surface area contributed by atoms with Gasteiger partial charge in [0.15, 0.2) is 0 Å². The minimum Gasteiger partial charge on any atom is -0.480 e. The Kier molecular flexibility index (Phi) is 4.68. The first-order valence-corrected chi connectivity index (χ1v) is 6.83. The first kappa shape index (κ1) is 13.4. The Bertz CT molecular complexity index is 417. The fourth-order valence-electron chi connectivity index (χ4n) is 1.36. The molecule has 1 N–H and O–H groups in total. The average Bonchev–Trinajstić information content (AvgIpc) is 2.16. The Balaban J connectivity index is 3.04. The molecule has 0 radical (unpaired) electrons. The van der Waals surface area contributed by atoms with Gasteiger partial charge in [-0.15, -0.1) is 0 Å². The molecule has 16 heavy (non-hydrogen) atoms. The van der Waals surface area contributed by atoms with E-state index in [1.807, 2.05) is 6.07 Å². The molecule has 0 aliphatic carbocycles. The van der Waals surface area contributed by atoms with E-state index in [0.717, 1.165) is 4.47 Å². The molecule has 0 aliphatic heterocycles. The quantitative estimate of drug-likeness (QED) is 0.930. The Morgan fingerprint density at radius 3 is 2.50 bits per heavy atom. The highest BCUT2D eigenvalue weighted by Gasteiger charge is 2.29. The van der Waals surface area contributed by atoms with Gasteiger partial charge in [0.2, 0.25) is 0 Å². The molecule has 5 heteroatoms. The third-order valence-corrected chi connectivity index (χ3v) is 4.53. The standard InChI is InChI=1S/C11H13BrO3S/c1-7(2)10(11(13)14)16(15)9-5-3-4-8(12)6-9/h3-7,10H,1-2H3,(H,13,14). The lowest BCUT2D eigenvalue weighted by molar-refractivity contribution is -0.137. The summed E-state index contributed by atoms with van der Waals surface area (Å²) in [7, 11) is -1.52. The molecular formula is C11H13BrO3S. The van der Waals surface area contributed by atoms with E-state index < -0.39 is 22.0 Å². The Hall–Kier alpha value is -0.680. The van der Waals surface area contributed by atoms with Crippen LogP contribution in [0.2, 0.25) is 0 Å². The van der Waals surface area contributed by atoms with Crippen molar-refractivity contribution in [3.8, 4) is 0 Å². The molecular weight excluding hydrogens is 292 g/mol. The number of hydrogen-bond donors (Lipinski definition) is 1. The maximum Gasteiger partial charge on any atom is 0.319 e. The SMILES string of the molecule is CC(C)C(C(=O)O)S(=O)c1cccc(Br)c1. The van der Waals surface area contributed by atoms with E-state index in [1.165, 1.54) is 0 Å². The number of rotatable bonds is 4. The van der Waals surface area contributed by atoms with Crippen LogP contribution in [0, 0.1) is 5.92 Å². The molecule has 0 bridgehead atoms. The van der Waals surface area contributed by atoms with Gasteiger partial charge in [-0.1, -0.05) is 35.8 Å². The third-order valence-electron chi connectivity index (χ3n) is 2.11. The van der Waals surface area contributed by atoms with Crippen LogP contribution in [0.1, 0.15) is 13.8 Å². The van der Waals surface area contributed by atoms with Gasteiger partial charge in [0.1, 0.15) is 5.25 Å². The fourth-order valence-corrected chi connectivity index (χ4v) is 3.34. The molecule has 1 aromatic carbocycles. The Labute approximate surface area is 105 Å². The number of carboxylic acids is 1. The second kappa shape index (κ2) is 5.59. The molecule has 0 heterocycles. The molecule has 2 atom stereocenters. The smallest absolute Gasteiger partial charge is 0.319 e. The summed E-state index contributed by atoms with van der Waals surface area (Å²) < 4.78 is 12.9. The molecule has 0 aliphatic rings. The first-order valence-electron chi connectivity index (χ1n) is 4.82. The van der Waals surface area contributed by atoms with Crippen molar-refractivity contribution >= 4 is 32.7 Å². The molecule has 1 aromatic rings. The fraction of sp³-hybridized carbons (Fsp3) is 0.364. The Morgan fingerprint density at radius 1 is 1.44 bits per heavy atom. The van der Waals surface area contributed by atoms with Gasteiger partial charge in [0.25, 0.3) is 0 Å². The maximum absolute atomic E-state index is 12.1. The minimum absolute atomic E-state index is 0.169. The molecule has 0 spiro atoms. The van der Waals surface area contributed by atoms with Crippen LogP contribution in [-0.4, -0.2) is 20.5 Å². The molecule has 3 nitrogen and oxygen atoms in total. The van der Waals surface area contributed by atoms with Gasteiger partial charge >= 0.3 is 5.97 Å². The summed E-state index contributed by atoms with van der Waals surface area (Å²) >= 11 is 3.27. The van der Waals surface area contributed by atoms with Crippen LogP contribution in [0.5, 0.6) is 0 Å². The molecule has 0 fully saturated rings. The van der Waals surface area contributed by atoms with E-state index in [4.69, 9.17) is 5.11 Å². The number of carbonyl (C=O) groups is 1. The van der Waals surface area contributed by atoms with Crippen molar-refractivity contribution in [2.24, 2.45) is 5.92 Å². The molecule has 0 saturated carbocycles. The van der Waals surface area contributed by atoms with Crippen molar-refractivity contribution in [2.75, 3.05) is 0 Å². The Morgan fingerprint density at radius 2 is 2.06 bits per heavy atom. The number of aliphatic carboxylic acids is 1. The normalized spacial score (nSPS) is 14.8. The predicted molar refractivity (Wildman–Crippen MR) is 66.8 cm³/mol. The van der Waals surface area contributed by atoms with Gasteiger partial charge < -0.3 is 5.11 Å². The average molecular weight is 305 g/mol. The highest BCUT2D eigenvalue weighted by Crippen LogP contribution is 2.21. The van der Waals surface area contributed by atoms with E-state index in [0.29, 0.717) is 4.90 Å². The summed E-state index contributed by atoms with van der Waals surface area (Å²) in [5, 5.41) is 8.17. The van der Waals surface area contributed by atoms with Gasteiger partial charge in [0.05, 0.1) is 10.8 Å². The van der Waals surface area contributed by atoms with E-state index >= 15 is 0 Å². The highest BCUT2D eigenvalue weighted by molar-refractivity contribution is 9.10. The van der Waals surface area contributed by atoms with Crippen molar-refractivity contribution in [2.45, 2.75) is 24.0 Å². The lowest BCUT2D eigenvalue weighted by atomic mass is 10.1. The zero-order valence-electron chi connectivity index (χ0n) is 9.01. The molecule has 0 amide bonds. The van der Waals surface area contributed by atoms with E-state index in [2.05, 4.69) is 15.9 Å². The summed E-state index contributed by atoms with van der Waals surface area (Å²) in [6.07, 6.45) is 0. The molecule has 0 saturated heterocycles. The number of carboxylic acid groups (broad SMARTS) is 1. The van der Waals surface area contributed by atoms with Crippen LogP contribution < -0.4 is 0 Å². The molecule has 88 valence electrons. The lowest BCUT2D eigenvalue weighted by Crippen LogP contribution is -2.31. The molecule has 2 unspecified atom stereocenters. The van der Waals surface area contributed by atoms with Crippen molar-refractivity contribution < 1.29 is 14.1 Å². The molecule has 1 rings (SSSR count). The van der Waals surface area contributed by atoms with Crippen molar-refractivity contribution in [3.63, 3.8) is 0 Å². The first-order chi connectivity index (χ1) is 7.43. The van der Waals surface area contributed by atoms with Crippen molar-refractivity contribution in [3.05, 3.63) is 28.7 Å². The van der Waals surface area contributed by atoms with Crippen LogP contribution in [0.25, 0.3) is 0 Å². The highest BCUT2D eigenvalue weighted by atomic mass is 79.9. The van der Waals surface area contributed by atoms with Gasteiger partial charge in [-0.25, -0.2) is 0 Å². The molecule has 0 aromatic heterocycles. The number of halogens is 1. The monoisotopic (exact) mass is 304 g/mol. The van der Waals surface area contributed by atoms with Crippen LogP contribution in [0.4, 0.5) is 0 Å². The van der Waals surface area contributed by atoms with E-state index in [9.17, 15) is 9.00 Å². The summed E-state index contributed by atoms with van der Waals surface area (Å²) in [5.74, 6) is -1.19. The zero-order valence-corrected chi connectivity index (χ0v) is 11.4. The second-order valence-corrected chi connectivity index (χ2v) is 6.25. The zero-order chi connectivity index (χ0) is 12.3. The van der Waals surface area contributed by atoms with E-state index in [-0.39, 0.29) is 5.92 Å². The number of benzene rings is 1. The van der Waals surface area contributed by atoms with Crippen molar-refractivity contribution in [1.82, 2.24) is 0 Å². The van der Waals surface area contributed by atoms with Gasteiger partial charge in [0, 0.05) is 9.37 Å². The largest absolute Gasteiger partial charge is 0.480 e. The lowest BCUT2D eigenvalue weighted by Gasteiger charge is -2.15. The summed E-state index contributed by atoms with van der Waals surface area (Å²) in [6.45, 7) is 3.52. The van der Waals surface area contributed by atoms with Gasteiger partial charge in [-0.3, -0.25) is 9.00 Å². The van der Waals surface area contributed by atoms with Crippen LogP contribution >= 0.6 is 15.9 Å².